The zero-order chi connectivity index (χ0) is 21.3. The van der Waals surface area contributed by atoms with Gasteiger partial charge in [0.25, 0.3) is 0 Å². The van der Waals surface area contributed by atoms with E-state index in [0.717, 1.165) is 42.6 Å². The number of guanidine groups is 1. The third-order valence-electron chi connectivity index (χ3n) is 5.45. The third-order valence-corrected chi connectivity index (χ3v) is 5.45. The highest BCUT2D eigenvalue weighted by Crippen LogP contribution is 2.38. The molecule has 2 rings (SSSR count). The number of amides is 1. The highest BCUT2D eigenvalue weighted by atomic mass is 16.5. The monoisotopic (exact) mass is 404 g/mol. The van der Waals surface area contributed by atoms with Gasteiger partial charge in [-0.05, 0) is 31.4 Å². The van der Waals surface area contributed by atoms with E-state index in [-0.39, 0.29) is 11.3 Å². The average molecular weight is 405 g/mol. The summed E-state index contributed by atoms with van der Waals surface area (Å²) in [6.45, 7) is 4.27. The number of methoxy groups -OCH3 is 1. The molecule has 0 heterocycles. The summed E-state index contributed by atoms with van der Waals surface area (Å²) in [5.74, 6) is 1.73. The Morgan fingerprint density at radius 2 is 1.93 bits per heavy atom. The summed E-state index contributed by atoms with van der Waals surface area (Å²) in [7, 11) is 7.07. The van der Waals surface area contributed by atoms with Crippen LogP contribution in [0.5, 0.6) is 5.75 Å². The number of benzene rings is 1. The molecule has 0 unspecified atom stereocenters. The van der Waals surface area contributed by atoms with Crippen LogP contribution in [0.15, 0.2) is 23.2 Å². The molecule has 1 amide bonds. The second kappa shape index (κ2) is 11.0. The minimum Gasteiger partial charge on any atom is -0.491 e. The number of hydrogen-bond donors (Lipinski definition) is 2. The molecule has 0 aromatic heterocycles. The quantitative estimate of drug-likeness (QED) is 0.375. The smallest absolute Gasteiger partial charge is 0.230 e. The van der Waals surface area contributed by atoms with Gasteiger partial charge in [0.15, 0.2) is 5.96 Å². The Morgan fingerprint density at radius 1 is 1.21 bits per heavy atom. The molecule has 0 bridgehead atoms. The fraction of sp³-hybridized carbons (Fsp3) is 0.636. The maximum atomic E-state index is 12.7. The lowest BCUT2D eigenvalue weighted by Gasteiger charge is -2.31. The molecule has 1 aliphatic carbocycles. The van der Waals surface area contributed by atoms with E-state index in [1.807, 2.05) is 27.1 Å². The Bertz CT molecular complexity index is 697. The molecule has 0 aliphatic heterocycles. The van der Waals surface area contributed by atoms with Crippen LogP contribution in [0.2, 0.25) is 0 Å². The van der Waals surface area contributed by atoms with Crippen molar-refractivity contribution < 1.29 is 14.3 Å². The summed E-state index contributed by atoms with van der Waals surface area (Å²) in [6.07, 6.45) is 4.03. The maximum absolute atomic E-state index is 12.7. The van der Waals surface area contributed by atoms with Gasteiger partial charge in [-0.15, -0.1) is 0 Å². The van der Waals surface area contributed by atoms with Gasteiger partial charge < -0.3 is 25.0 Å². The third kappa shape index (κ3) is 6.35. The van der Waals surface area contributed by atoms with E-state index in [1.54, 1.807) is 19.1 Å². The Hall–Kier alpha value is -2.28. The minimum absolute atomic E-state index is 0.199. The van der Waals surface area contributed by atoms with E-state index < -0.39 is 0 Å². The van der Waals surface area contributed by atoms with Gasteiger partial charge in [-0.2, -0.15) is 0 Å². The fourth-order valence-electron chi connectivity index (χ4n) is 3.82. The SMILES string of the molecule is CN=C(NCc1ccc(C)cc1OCCOC)NCC1(C(=O)N(C)C)CCCC1. The minimum atomic E-state index is -0.334. The van der Waals surface area contributed by atoms with E-state index in [9.17, 15) is 4.79 Å². The van der Waals surface area contributed by atoms with Crippen LogP contribution < -0.4 is 15.4 Å². The zero-order valence-corrected chi connectivity index (χ0v) is 18.5. The van der Waals surface area contributed by atoms with Gasteiger partial charge in [0.1, 0.15) is 12.4 Å². The summed E-state index contributed by atoms with van der Waals surface area (Å²) in [5, 5.41) is 6.72. The van der Waals surface area contributed by atoms with Crippen LogP contribution in [0, 0.1) is 12.3 Å². The van der Waals surface area contributed by atoms with Crippen LogP contribution in [-0.4, -0.2) is 64.8 Å². The normalized spacial score (nSPS) is 15.8. The van der Waals surface area contributed by atoms with Crippen LogP contribution in [0.1, 0.15) is 36.8 Å². The number of carbonyl (C=O) groups excluding carboxylic acids is 1. The lowest BCUT2D eigenvalue weighted by atomic mass is 9.84. The molecule has 1 saturated carbocycles. The lowest BCUT2D eigenvalue weighted by Crippen LogP contribution is -2.49. The van der Waals surface area contributed by atoms with E-state index >= 15 is 0 Å². The molecule has 162 valence electrons. The summed E-state index contributed by atoms with van der Waals surface area (Å²) in [5.41, 5.74) is 1.86. The summed E-state index contributed by atoms with van der Waals surface area (Å²) < 4.78 is 10.9. The first kappa shape index (κ1) is 23.0. The van der Waals surface area contributed by atoms with Gasteiger partial charge in [-0.3, -0.25) is 9.79 Å². The van der Waals surface area contributed by atoms with Crippen molar-refractivity contribution in [3.8, 4) is 5.75 Å². The highest BCUT2D eigenvalue weighted by Gasteiger charge is 2.42. The maximum Gasteiger partial charge on any atom is 0.230 e. The Balaban J connectivity index is 1.98. The lowest BCUT2D eigenvalue weighted by molar-refractivity contribution is -0.138. The van der Waals surface area contributed by atoms with Crippen molar-refractivity contribution in [2.45, 2.75) is 39.2 Å². The topological polar surface area (TPSA) is 75.2 Å². The Labute approximate surface area is 174 Å². The van der Waals surface area contributed by atoms with Crippen molar-refractivity contribution in [1.82, 2.24) is 15.5 Å². The van der Waals surface area contributed by atoms with Gasteiger partial charge in [0.05, 0.1) is 12.0 Å². The van der Waals surface area contributed by atoms with Crippen molar-refractivity contribution in [3.05, 3.63) is 29.3 Å². The van der Waals surface area contributed by atoms with Crippen LogP contribution in [-0.2, 0) is 16.1 Å². The number of ether oxygens (including phenoxy) is 2. The van der Waals surface area contributed by atoms with Crippen molar-refractivity contribution in [3.63, 3.8) is 0 Å². The number of nitrogens with zero attached hydrogens (tertiary/aromatic N) is 2. The molecule has 0 radical (unpaired) electrons. The highest BCUT2D eigenvalue weighted by molar-refractivity contribution is 5.85. The first-order valence-corrected chi connectivity index (χ1v) is 10.3. The van der Waals surface area contributed by atoms with Crippen molar-refractivity contribution >= 4 is 11.9 Å². The van der Waals surface area contributed by atoms with E-state index in [4.69, 9.17) is 9.47 Å². The van der Waals surface area contributed by atoms with Gasteiger partial charge in [-0.25, -0.2) is 0 Å². The first-order chi connectivity index (χ1) is 13.9. The standard InChI is InChI=1S/C22H36N4O3/c1-17-8-9-18(19(14-17)29-13-12-28-5)15-24-21(23-2)25-16-22(10-6-7-11-22)20(27)26(3)4/h8-9,14H,6-7,10-13,15-16H2,1-5H3,(H2,23,24,25). The molecule has 2 N–H and O–H groups in total. The van der Waals surface area contributed by atoms with Gasteiger partial charge in [-0.1, -0.05) is 25.0 Å². The zero-order valence-electron chi connectivity index (χ0n) is 18.5. The second-order valence-electron chi connectivity index (χ2n) is 7.92. The summed E-state index contributed by atoms with van der Waals surface area (Å²) in [6, 6.07) is 6.16. The molecule has 0 saturated heterocycles. The van der Waals surface area contributed by atoms with Crippen LogP contribution in [0.3, 0.4) is 0 Å². The molecule has 0 atom stereocenters. The summed E-state index contributed by atoms with van der Waals surface area (Å²) in [4.78, 5) is 18.8. The first-order valence-electron chi connectivity index (χ1n) is 10.3. The molecular formula is C22H36N4O3. The Morgan fingerprint density at radius 3 is 2.55 bits per heavy atom. The second-order valence-corrected chi connectivity index (χ2v) is 7.92. The van der Waals surface area contributed by atoms with Crippen molar-refractivity contribution in [1.29, 1.82) is 0 Å². The fourth-order valence-corrected chi connectivity index (χ4v) is 3.82. The molecule has 1 aromatic carbocycles. The molecule has 1 fully saturated rings. The van der Waals surface area contributed by atoms with Crippen LogP contribution in [0.25, 0.3) is 0 Å². The van der Waals surface area contributed by atoms with E-state index in [2.05, 4.69) is 27.8 Å². The number of nitrogens with one attached hydrogen (secondary N) is 2. The largest absolute Gasteiger partial charge is 0.491 e. The predicted molar refractivity (Wildman–Crippen MR) is 116 cm³/mol. The number of aliphatic imine (C=N–C) groups is 1. The molecule has 1 aliphatic rings. The number of carbonyl (C=O) groups is 1. The van der Waals surface area contributed by atoms with Gasteiger partial charge in [0.2, 0.25) is 5.91 Å². The van der Waals surface area contributed by atoms with Crippen molar-refractivity contribution in [2.24, 2.45) is 10.4 Å². The van der Waals surface area contributed by atoms with Gasteiger partial charge >= 0.3 is 0 Å². The number of rotatable bonds is 9. The number of aryl methyl sites for hydroxylation is 1. The molecule has 7 heteroatoms. The summed E-state index contributed by atoms with van der Waals surface area (Å²) >= 11 is 0. The van der Waals surface area contributed by atoms with Crippen LogP contribution in [0.4, 0.5) is 0 Å². The average Bonchev–Trinajstić information content (AvgIpc) is 3.19. The number of hydrogen-bond acceptors (Lipinski definition) is 4. The molecule has 7 nitrogen and oxygen atoms in total. The Kier molecular flexibility index (Phi) is 8.76. The van der Waals surface area contributed by atoms with Crippen molar-refractivity contribution in [2.75, 3.05) is 48.0 Å². The molecule has 1 aromatic rings. The molecule has 0 spiro atoms. The van der Waals surface area contributed by atoms with Crippen LogP contribution >= 0.6 is 0 Å². The van der Waals surface area contributed by atoms with E-state index in [1.165, 1.54) is 0 Å². The van der Waals surface area contributed by atoms with E-state index in [0.29, 0.717) is 32.3 Å². The molecular weight excluding hydrogens is 368 g/mol. The predicted octanol–water partition coefficient (Wildman–Crippen LogP) is 2.33. The molecule has 29 heavy (non-hydrogen) atoms. The van der Waals surface area contributed by atoms with Gasteiger partial charge in [0, 0.05) is 46.9 Å².